The minimum absolute atomic E-state index is 0.00969. The number of hydrogen-bond donors (Lipinski definition) is 3. The summed E-state index contributed by atoms with van der Waals surface area (Å²) in [6.07, 6.45) is 1.84. The molecule has 3 fully saturated rings. The van der Waals surface area contributed by atoms with Crippen molar-refractivity contribution in [1.82, 2.24) is 9.62 Å². The minimum Gasteiger partial charge on any atom is -0.492 e. The van der Waals surface area contributed by atoms with Gasteiger partial charge < -0.3 is 29.7 Å². The van der Waals surface area contributed by atoms with Crippen LogP contribution in [0.2, 0.25) is 0 Å². The van der Waals surface area contributed by atoms with Crippen molar-refractivity contribution < 1.29 is 41.3 Å². The third-order valence-corrected chi connectivity index (χ3v) is 13.9. The molecule has 2 aliphatic heterocycles. The van der Waals surface area contributed by atoms with Crippen LogP contribution in [0.25, 0.3) is 10.8 Å². The Morgan fingerprint density at radius 1 is 1.00 bits per heavy atom. The van der Waals surface area contributed by atoms with Gasteiger partial charge in [-0.3, -0.25) is 0 Å². The summed E-state index contributed by atoms with van der Waals surface area (Å²) in [5.74, 6) is 0.715. The van der Waals surface area contributed by atoms with E-state index in [9.17, 15) is 27.0 Å². The lowest BCUT2D eigenvalue weighted by Crippen LogP contribution is -2.47. The molecule has 3 N–H and O–H groups in total. The molecule has 2 saturated heterocycles. The summed E-state index contributed by atoms with van der Waals surface area (Å²) in [6, 6.07) is 17.2. The van der Waals surface area contributed by atoms with Crippen LogP contribution in [0.15, 0.2) is 70.5 Å². The molecule has 13 heteroatoms. The van der Waals surface area contributed by atoms with Gasteiger partial charge in [0.1, 0.15) is 29.1 Å². The standard InChI is InChI=1S/C33H42N2O9S2/c1-2-42-31-29-9-4-3-6-24(29)10-11-30(31)46(40,41)35-16-14-32(15-17-35)19-25(21-44-32)34-20-26(37)22-43-27-7-5-8-28(18-27)45(38,39)33(23-36)12-13-33/h3-11,18,25-26,34,36-37H,2,12-17,19-23H2,1H3/t25-,26?/m1/s1. The third kappa shape index (κ3) is 6.38. The normalized spacial score (nSPS) is 21.8. The second kappa shape index (κ2) is 13.0. The molecule has 0 bridgehead atoms. The van der Waals surface area contributed by atoms with Gasteiger partial charge in [-0.05, 0) is 68.7 Å². The van der Waals surface area contributed by atoms with E-state index in [0.29, 0.717) is 69.9 Å². The molecule has 1 unspecified atom stereocenters. The maximum Gasteiger partial charge on any atom is 0.246 e. The second-order valence-corrected chi connectivity index (χ2v) is 16.8. The number of aliphatic hydroxyl groups is 2. The molecular formula is C33H42N2O9S2. The Balaban J connectivity index is 0.999. The van der Waals surface area contributed by atoms with Gasteiger partial charge >= 0.3 is 0 Å². The first kappa shape index (κ1) is 33.1. The van der Waals surface area contributed by atoms with Gasteiger partial charge in [0.05, 0.1) is 35.1 Å². The van der Waals surface area contributed by atoms with Crippen LogP contribution < -0.4 is 14.8 Å². The fourth-order valence-corrected chi connectivity index (χ4v) is 9.93. The van der Waals surface area contributed by atoms with E-state index in [2.05, 4.69) is 5.32 Å². The van der Waals surface area contributed by atoms with Crippen molar-refractivity contribution in [3.63, 3.8) is 0 Å². The van der Waals surface area contributed by atoms with E-state index < -0.39 is 42.9 Å². The first-order valence-corrected chi connectivity index (χ1v) is 18.7. The summed E-state index contributed by atoms with van der Waals surface area (Å²) in [5, 5.41) is 25.2. The summed E-state index contributed by atoms with van der Waals surface area (Å²) < 4.78 is 71.6. The van der Waals surface area contributed by atoms with Crippen molar-refractivity contribution >= 4 is 30.6 Å². The van der Waals surface area contributed by atoms with Crippen molar-refractivity contribution in [1.29, 1.82) is 0 Å². The van der Waals surface area contributed by atoms with Gasteiger partial charge in [-0.25, -0.2) is 16.8 Å². The smallest absolute Gasteiger partial charge is 0.246 e. The van der Waals surface area contributed by atoms with Crippen LogP contribution in [-0.2, 0) is 24.6 Å². The highest BCUT2D eigenvalue weighted by atomic mass is 32.2. The van der Waals surface area contributed by atoms with Crippen molar-refractivity contribution in [2.45, 2.75) is 71.3 Å². The molecule has 0 aromatic heterocycles. The molecule has 1 saturated carbocycles. The van der Waals surface area contributed by atoms with Crippen LogP contribution in [0.4, 0.5) is 0 Å². The quantitative estimate of drug-likeness (QED) is 0.247. The van der Waals surface area contributed by atoms with Gasteiger partial charge in [-0.15, -0.1) is 0 Å². The molecule has 2 heterocycles. The topological polar surface area (TPSA) is 152 Å². The Hall–Kier alpha value is -2.78. The average molecular weight is 675 g/mol. The highest BCUT2D eigenvalue weighted by molar-refractivity contribution is 7.93. The maximum absolute atomic E-state index is 13.8. The molecule has 6 rings (SSSR count). The third-order valence-electron chi connectivity index (χ3n) is 9.46. The molecule has 250 valence electrons. The van der Waals surface area contributed by atoms with Crippen molar-refractivity contribution in [2.75, 3.05) is 46.1 Å². The zero-order valence-electron chi connectivity index (χ0n) is 25.9. The van der Waals surface area contributed by atoms with Crippen molar-refractivity contribution in [3.05, 3.63) is 60.7 Å². The lowest BCUT2D eigenvalue weighted by molar-refractivity contribution is -0.0312. The predicted octanol–water partition coefficient (Wildman–Crippen LogP) is 2.88. The van der Waals surface area contributed by atoms with Crippen LogP contribution in [0.3, 0.4) is 0 Å². The molecule has 2 atom stereocenters. The number of nitrogens with one attached hydrogen (secondary N) is 1. The average Bonchev–Trinajstić information content (AvgIpc) is 3.79. The van der Waals surface area contributed by atoms with Crippen LogP contribution >= 0.6 is 0 Å². The molecule has 3 aromatic rings. The Kier molecular flexibility index (Phi) is 9.38. The number of hydrogen-bond acceptors (Lipinski definition) is 10. The van der Waals surface area contributed by atoms with Crippen LogP contribution in [-0.4, -0.2) is 99.9 Å². The summed E-state index contributed by atoms with van der Waals surface area (Å²) in [6.45, 7) is 3.11. The SMILES string of the molecule is CCOc1c(S(=O)(=O)N2CCC3(CC2)C[C@@H](NCC(O)COc2cccc(S(=O)(=O)C4(CO)CC4)c2)CO3)ccc2ccccc12. The van der Waals surface area contributed by atoms with Crippen LogP contribution in [0, 0.1) is 0 Å². The van der Waals surface area contributed by atoms with Crippen molar-refractivity contribution in [3.8, 4) is 11.5 Å². The van der Waals surface area contributed by atoms with Gasteiger partial charge in [0, 0.05) is 31.1 Å². The summed E-state index contributed by atoms with van der Waals surface area (Å²) in [7, 11) is -7.46. The molecule has 0 radical (unpaired) electrons. The number of aliphatic hydroxyl groups excluding tert-OH is 2. The maximum atomic E-state index is 13.8. The number of sulfone groups is 1. The molecule has 1 spiro atoms. The van der Waals surface area contributed by atoms with Crippen LogP contribution in [0.5, 0.6) is 11.5 Å². The fourth-order valence-electron chi connectivity index (χ4n) is 6.50. The zero-order valence-corrected chi connectivity index (χ0v) is 27.6. The largest absolute Gasteiger partial charge is 0.492 e. The van der Waals surface area contributed by atoms with E-state index in [1.54, 1.807) is 18.2 Å². The molecule has 11 nitrogen and oxygen atoms in total. The van der Waals surface area contributed by atoms with Crippen molar-refractivity contribution in [2.24, 2.45) is 0 Å². The Morgan fingerprint density at radius 2 is 1.76 bits per heavy atom. The van der Waals surface area contributed by atoms with Gasteiger partial charge in [0.2, 0.25) is 10.0 Å². The molecule has 1 aliphatic carbocycles. The lowest BCUT2D eigenvalue weighted by atomic mass is 9.88. The molecule has 46 heavy (non-hydrogen) atoms. The zero-order chi connectivity index (χ0) is 32.6. The van der Waals surface area contributed by atoms with Gasteiger partial charge in [0.25, 0.3) is 0 Å². The van der Waals surface area contributed by atoms with Gasteiger partial charge in [-0.2, -0.15) is 4.31 Å². The fraction of sp³-hybridized carbons (Fsp3) is 0.515. The first-order valence-electron chi connectivity index (χ1n) is 15.8. The number of benzene rings is 3. The Morgan fingerprint density at radius 3 is 2.48 bits per heavy atom. The monoisotopic (exact) mass is 674 g/mol. The van der Waals surface area contributed by atoms with E-state index in [4.69, 9.17) is 14.2 Å². The lowest BCUT2D eigenvalue weighted by Gasteiger charge is -2.38. The number of ether oxygens (including phenoxy) is 3. The van der Waals surface area contributed by atoms with E-state index in [0.717, 1.165) is 10.8 Å². The number of rotatable bonds is 13. The molecular weight excluding hydrogens is 633 g/mol. The second-order valence-electron chi connectivity index (χ2n) is 12.5. The van der Waals surface area contributed by atoms with Crippen LogP contribution in [0.1, 0.15) is 39.0 Å². The predicted molar refractivity (Wildman–Crippen MR) is 172 cm³/mol. The number of sulfonamides is 1. The number of fused-ring (bicyclic) bond motifs is 1. The minimum atomic E-state index is -3.79. The van der Waals surface area contributed by atoms with E-state index in [1.807, 2.05) is 37.3 Å². The molecule has 3 aliphatic rings. The first-order chi connectivity index (χ1) is 22.0. The van der Waals surface area contributed by atoms with E-state index in [-0.39, 0.29) is 29.0 Å². The summed E-state index contributed by atoms with van der Waals surface area (Å²) in [5.41, 5.74) is -0.434. The van der Waals surface area contributed by atoms with Gasteiger partial charge in [-0.1, -0.05) is 36.4 Å². The molecule has 3 aromatic carbocycles. The number of nitrogens with zero attached hydrogens (tertiary/aromatic N) is 1. The number of piperidine rings is 1. The summed E-state index contributed by atoms with van der Waals surface area (Å²) >= 11 is 0. The highest BCUT2D eigenvalue weighted by Gasteiger charge is 2.54. The Bertz CT molecular complexity index is 1770. The van der Waals surface area contributed by atoms with Gasteiger partial charge in [0.15, 0.2) is 9.84 Å². The van der Waals surface area contributed by atoms with E-state index >= 15 is 0 Å². The summed E-state index contributed by atoms with van der Waals surface area (Å²) in [4.78, 5) is 0.279. The Labute approximate surface area is 270 Å². The molecule has 0 amide bonds. The highest BCUT2D eigenvalue weighted by Crippen LogP contribution is 2.46. The van der Waals surface area contributed by atoms with E-state index in [1.165, 1.54) is 16.4 Å².